The summed E-state index contributed by atoms with van der Waals surface area (Å²) in [7, 11) is -3.69. The zero-order valence-corrected chi connectivity index (χ0v) is 16.8. The summed E-state index contributed by atoms with van der Waals surface area (Å²) in [5.74, 6) is 0. The molecule has 26 heavy (non-hydrogen) atoms. The second-order valence-electron chi connectivity index (χ2n) is 6.71. The van der Waals surface area contributed by atoms with Crippen molar-refractivity contribution in [1.82, 2.24) is 9.29 Å². The first-order chi connectivity index (χ1) is 12.2. The third-order valence-corrected chi connectivity index (χ3v) is 6.78. The van der Waals surface area contributed by atoms with Crippen molar-refractivity contribution in [2.45, 2.75) is 44.7 Å². The number of nitrogens with zero attached hydrogens (tertiary/aromatic N) is 1. The highest BCUT2D eigenvalue weighted by Crippen LogP contribution is 2.25. The van der Waals surface area contributed by atoms with E-state index in [-0.39, 0.29) is 21.9 Å². The summed E-state index contributed by atoms with van der Waals surface area (Å²) < 4.78 is 30.6. The number of sulfonamides is 1. The molecule has 5 nitrogen and oxygen atoms in total. The number of hydrogen-bond acceptors (Lipinski definition) is 4. The van der Waals surface area contributed by atoms with Crippen molar-refractivity contribution < 1.29 is 8.42 Å². The van der Waals surface area contributed by atoms with Crippen LogP contribution in [0.5, 0.6) is 0 Å². The topological polar surface area (TPSA) is 68.2 Å². The summed E-state index contributed by atoms with van der Waals surface area (Å²) in [6.07, 6.45) is 0. The first kappa shape index (κ1) is 18.8. The predicted molar refractivity (Wildman–Crippen MR) is 106 cm³/mol. The molecule has 0 amide bonds. The molecule has 0 aliphatic rings. The Morgan fingerprint density at radius 1 is 1.04 bits per heavy atom. The predicted octanol–water partition coefficient (Wildman–Crippen LogP) is 3.99. The fourth-order valence-electron chi connectivity index (χ4n) is 2.90. The number of rotatable bonds is 5. The molecule has 0 unspecified atom stereocenters. The van der Waals surface area contributed by atoms with Crippen LogP contribution >= 0.6 is 11.3 Å². The highest BCUT2D eigenvalue weighted by Gasteiger charge is 2.20. The van der Waals surface area contributed by atoms with Crippen LogP contribution in [0.4, 0.5) is 0 Å². The first-order valence-corrected chi connectivity index (χ1v) is 10.7. The zero-order chi connectivity index (χ0) is 19.1. The SMILES string of the molecule is Cc1ccc([C@@H](C)NS(=O)(=O)c2ccc3c(c2)sc(=O)n3C(C)C)cc1. The van der Waals surface area contributed by atoms with Crippen LogP contribution in [-0.2, 0) is 10.0 Å². The number of benzene rings is 2. The lowest BCUT2D eigenvalue weighted by molar-refractivity contribution is 0.567. The summed E-state index contributed by atoms with van der Waals surface area (Å²) in [4.78, 5) is 12.2. The van der Waals surface area contributed by atoms with Crippen molar-refractivity contribution in [2.24, 2.45) is 0 Å². The first-order valence-electron chi connectivity index (χ1n) is 8.43. The van der Waals surface area contributed by atoms with Crippen LogP contribution in [0.3, 0.4) is 0 Å². The lowest BCUT2D eigenvalue weighted by Gasteiger charge is -2.15. The Hall–Kier alpha value is -1.96. The van der Waals surface area contributed by atoms with Crippen molar-refractivity contribution in [2.75, 3.05) is 0 Å². The minimum Gasteiger partial charge on any atom is -0.296 e. The Morgan fingerprint density at radius 2 is 1.69 bits per heavy atom. The Balaban J connectivity index is 1.94. The quantitative estimate of drug-likeness (QED) is 0.716. The molecule has 0 saturated carbocycles. The molecule has 0 fully saturated rings. The van der Waals surface area contributed by atoms with Crippen LogP contribution in [-0.4, -0.2) is 13.0 Å². The lowest BCUT2D eigenvalue weighted by Crippen LogP contribution is -2.26. The van der Waals surface area contributed by atoms with Gasteiger partial charge >= 0.3 is 4.87 Å². The van der Waals surface area contributed by atoms with Gasteiger partial charge in [-0.05, 0) is 51.5 Å². The van der Waals surface area contributed by atoms with Crippen LogP contribution in [0.25, 0.3) is 10.2 Å². The monoisotopic (exact) mass is 390 g/mol. The molecule has 2 aromatic carbocycles. The summed E-state index contributed by atoms with van der Waals surface area (Å²) in [6, 6.07) is 12.3. The molecule has 3 rings (SSSR count). The van der Waals surface area contributed by atoms with Crippen molar-refractivity contribution >= 4 is 31.6 Å². The van der Waals surface area contributed by atoms with E-state index in [1.165, 1.54) is 0 Å². The van der Waals surface area contributed by atoms with Gasteiger partial charge in [0.05, 0.1) is 15.1 Å². The van der Waals surface area contributed by atoms with Gasteiger partial charge in [0.1, 0.15) is 0 Å². The van der Waals surface area contributed by atoms with Gasteiger partial charge in [0, 0.05) is 12.1 Å². The van der Waals surface area contributed by atoms with E-state index in [1.54, 1.807) is 22.8 Å². The molecule has 0 aliphatic heterocycles. The molecule has 0 aliphatic carbocycles. The molecule has 1 heterocycles. The van der Waals surface area contributed by atoms with E-state index >= 15 is 0 Å². The van der Waals surface area contributed by atoms with E-state index < -0.39 is 10.0 Å². The summed E-state index contributed by atoms with van der Waals surface area (Å²) >= 11 is 1.07. The van der Waals surface area contributed by atoms with Crippen molar-refractivity contribution in [3.63, 3.8) is 0 Å². The van der Waals surface area contributed by atoms with Gasteiger partial charge in [-0.2, -0.15) is 0 Å². The van der Waals surface area contributed by atoms with Crippen molar-refractivity contribution in [1.29, 1.82) is 0 Å². The normalized spacial score (nSPS) is 13.4. The maximum atomic E-state index is 12.8. The third kappa shape index (κ3) is 3.60. The van der Waals surface area contributed by atoms with E-state index in [9.17, 15) is 13.2 Å². The maximum Gasteiger partial charge on any atom is 0.308 e. The molecular weight excluding hydrogens is 368 g/mol. The van der Waals surface area contributed by atoms with Gasteiger partial charge in [0.15, 0.2) is 0 Å². The van der Waals surface area contributed by atoms with E-state index in [0.29, 0.717) is 4.70 Å². The van der Waals surface area contributed by atoms with Crippen molar-refractivity contribution in [3.05, 3.63) is 63.3 Å². The van der Waals surface area contributed by atoms with E-state index in [0.717, 1.165) is 28.0 Å². The molecule has 1 aromatic heterocycles. The lowest BCUT2D eigenvalue weighted by atomic mass is 10.1. The Labute approximate surface area is 157 Å². The van der Waals surface area contributed by atoms with Gasteiger partial charge in [0.25, 0.3) is 0 Å². The highest BCUT2D eigenvalue weighted by atomic mass is 32.2. The molecule has 7 heteroatoms. The van der Waals surface area contributed by atoms with E-state index in [1.807, 2.05) is 52.0 Å². The fraction of sp³-hybridized carbons (Fsp3) is 0.316. The molecule has 1 atom stereocenters. The molecule has 138 valence electrons. The number of aromatic nitrogens is 1. The van der Waals surface area contributed by atoms with Gasteiger partial charge in [-0.1, -0.05) is 41.2 Å². The minimum absolute atomic E-state index is 0.0263. The van der Waals surface area contributed by atoms with E-state index in [4.69, 9.17) is 0 Å². The summed E-state index contributed by atoms with van der Waals surface area (Å²) in [6.45, 7) is 7.67. The molecule has 0 radical (unpaired) electrons. The van der Waals surface area contributed by atoms with Gasteiger partial charge in [-0.3, -0.25) is 9.36 Å². The van der Waals surface area contributed by atoms with E-state index in [2.05, 4.69) is 4.72 Å². The second-order valence-corrected chi connectivity index (χ2v) is 9.42. The number of aryl methyl sites for hydroxylation is 1. The molecule has 3 aromatic rings. The largest absolute Gasteiger partial charge is 0.308 e. The zero-order valence-electron chi connectivity index (χ0n) is 15.2. The number of thiazole rings is 1. The standard InChI is InChI=1S/C19H22N2O3S2/c1-12(2)21-17-10-9-16(11-18(17)25-19(21)22)26(23,24)20-14(4)15-7-5-13(3)6-8-15/h5-12,14,20H,1-4H3/t14-/m1/s1. The van der Waals surface area contributed by atoms with Crippen molar-refractivity contribution in [3.8, 4) is 0 Å². The summed E-state index contributed by atoms with van der Waals surface area (Å²) in [5, 5.41) is 0. The molecular formula is C19H22N2O3S2. The number of nitrogens with one attached hydrogen (secondary N) is 1. The molecule has 0 spiro atoms. The van der Waals surface area contributed by atoms with Gasteiger partial charge in [0.2, 0.25) is 10.0 Å². The minimum atomic E-state index is -3.69. The Morgan fingerprint density at radius 3 is 2.31 bits per heavy atom. The molecule has 0 bridgehead atoms. The molecule has 1 N–H and O–H groups in total. The van der Waals surface area contributed by atoms with Gasteiger partial charge < -0.3 is 0 Å². The average Bonchev–Trinajstić information content (AvgIpc) is 2.89. The van der Waals surface area contributed by atoms with Crippen LogP contribution < -0.4 is 9.60 Å². The average molecular weight is 391 g/mol. The maximum absolute atomic E-state index is 12.8. The Kier molecular flexibility index (Phi) is 5.05. The van der Waals surface area contributed by atoms with Crippen LogP contribution in [0.2, 0.25) is 0 Å². The third-order valence-electron chi connectivity index (χ3n) is 4.32. The number of fused-ring (bicyclic) bond motifs is 1. The highest BCUT2D eigenvalue weighted by molar-refractivity contribution is 7.89. The fourth-order valence-corrected chi connectivity index (χ4v) is 5.28. The Bertz CT molecular complexity index is 1090. The van der Waals surface area contributed by atoms with Gasteiger partial charge in [-0.25, -0.2) is 13.1 Å². The molecule has 0 saturated heterocycles. The van der Waals surface area contributed by atoms with Crippen LogP contribution in [0.15, 0.2) is 52.2 Å². The number of hydrogen-bond donors (Lipinski definition) is 1. The summed E-state index contributed by atoms with van der Waals surface area (Å²) in [5.41, 5.74) is 2.79. The van der Waals surface area contributed by atoms with Crippen LogP contribution in [0.1, 0.15) is 44.0 Å². The second kappa shape index (κ2) is 6.98. The smallest absolute Gasteiger partial charge is 0.296 e. The van der Waals surface area contributed by atoms with Gasteiger partial charge in [-0.15, -0.1) is 0 Å². The van der Waals surface area contributed by atoms with Crippen LogP contribution in [0, 0.1) is 6.92 Å².